The number of aromatic nitrogens is 1. The number of hydrogen-bond donors (Lipinski definition) is 2. The van der Waals surface area contributed by atoms with Crippen molar-refractivity contribution in [1.82, 2.24) is 5.16 Å². The van der Waals surface area contributed by atoms with Crippen molar-refractivity contribution in [3.8, 4) is 5.75 Å². The van der Waals surface area contributed by atoms with Crippen LogP contribution in [-0.4, -0.2) is 17.3 Å². The zero-order valence-electron chi connectivity index (χ0n) is 6.53. The summed E-state index contributed by atoms with van der Waals surface area (Å²) < 4.78 is 4.86. The summed E-state index contributed by atoms with van der Waals surface area (Å²) in [6.45, 7) is 0. The van der Waals surface area contributed by atoms with Gasteiger partial charge in [-0.25, -0.2) is 0 Å². The van der Waals surface area contributed by atoms with E-state index in [4.69, 9.17) is 4.52 Å². The molecule has 4 nitrogen and oxygen atoms in total. The van der Waals surface area contributed by atoms with Crippen LogP contribution >= 0.6 is 0 Å². The average molecular weight is 164 g/mol. The van der Waals surface area contributed by atoms with Crippen LogP contribution in [0.5, 0.6) is 5.75 Å². The molecule has 0 aliphatic heterocycles. The van der Waals surface area contributed by atoms with Crippen LogP contribution in [0.15, 0.2) is 22.9 Å². The molecular formula is C8H8N2O2. The molecule has 0 aliphatic rings. The van der Waals surface area contributed by atoms with E-state index in [0.717, 1.165) is 5.39 Å². The van der Waals surface area contributed by atoms with Gasteiger partial charge in [0.2, 0.25) is 0 Å². The Labute approximate surface area is 68.8 Å². The predicted octanol–water partition coefficient (Wildman–Crippen LogP) is 1.58. The molecule has 2 aromatic rings. The van der Waals surface area contributed by atoms with E-state index in [1.165, 1.54) is 6.07 Å². The van der Waals surface area contributed by atoms with E-state index in [0.29, 0.717) is 11.3 Å². The Hall–Kier alpha value is -1.71. The van der Waals surface area contributed by atoms with Crippen molar-refractivity contribution < 1.29 is 9.63 Å². The summed E-state index contributed by atoms with van der Waals surface area (Å²) in [5, 5.41) is 16.7. The molecule has 0 amide bonds. The van der Waals surface area contributed by atoms with Crippen molar-refractivity contribution in [3.63, 3.8) is 0 Å². The molecule has 0 atom stereocenters. The number of nitrogens with zero attached hydrogens (tertiary/aromatic N) is 1. The van der Waals surface area contributed by atoms with Gasteiger partial charge in [-0.3, -0.25) is 0 Å². The van der Waals surface area contributed by atoms with E-state index < -0.39 is 0 Å². The second-order valence-electron chi connectivity index (χ2n) is 2.48. The van der Waals surface area contributed by atoms with Gasteiger partial charge >= 0.3 is 0 Å². The smallest absolute Gasteiger partial charge is 0.170 e. The van der Waals surface area contributed by atoms with Crippen molar-refractivity contribution >= 4 is 16.7 Å². The van der Waals surface area contributed by atoms with E-state index in [9.17, 15) is 5.11 Å². The first-order valence-corrected chi connectivity index (χ1v) is 3.56. The monoisotopic (exact) mass is 164 g/mol. The first kappa shape index (κ1) is 6.97. The minimum Gasteiger partial charge on any atom is -0.506 e. The molecule has 2 rings (SSSR count). The zero-order chi connectivity index (χ0) is 8.55. The van der Waals surface area contributed by atoms with Crippen molar-refractivity contribution in [2.75, 3.05) is 12.4 Å². The summed E-state index contributed by atoms with van der Waals surface area (Å²) in [7, 11) is 1.74. The summed E-state index contributed by atoms with van der Waals surface area (Å²) in [4.78, 5) is 0. The van der Waals surface area contributed by atoms with Crippen molar-refractivity contribution in [3.05, 3.63) is 18.3 Å². The van der Waals surface area contributed by atoms with Gasteiger partial charge in [-0.15, -0.1) is 0 Å². The predicted molar refractivity (Wildman–Crippen MR) is 45.2 cm³/mol. The minimum atomic E-state index is 0.168. The van der Waals surface area contributed by atoms with Gasteiger partial charge in [0.1, 0.15) is 5.75 Å². The number of anilines is 1. The third-order valence-electron chi connectivity index (χ3n) is 1.74. The third-order valence-corrected chi connectivity index (χ3v) is 1.74. The van der Waals surface area contributed by atoms with E-state index >= 15 is 0 Å². The van der Waals surface area contributed by atoms with Gasteiger partial charge < -0.3 is 14.9 Å². The number of phenols is 1. The summed E-state index contributed by atoms with van der Waals surface area (Å²) in [6, 6.07) is 3.31. The van der Waals surface area contributed by atoms with Gasteiger partial charge in [-0.1, -0.05) is 5.16 Å². The van der Waals surface area contributed by atoms with Gasteiger partial charge in [-0.2, -0.15) is 0 Å². The lowest BCUT2D eigenvalue weighted by molar-refractivity contribution is 0.449. The quantitative estimate of drug-likeness (QED) is 0.628. The summed E-state index contributed by atoms with van der Waals surface area (Å²) in [5.74, 6) is 0.168. The Bertz CT molecular complexity index is 408. The van der Waals surface area contributed by atoms with Crippen LogP contribution in [0, 0.1) is 0 Å². The number of nitrogens with one attached hydrogen (secondary N) is 1. The minimum absolute atomic E-state index is 0.168. The molecule has 0 fully saturated rings. The largest absolute Gasteiger partial charge is 0.506 e. The van der Waals surface area contributed by atoms with Crippen LogP contribution in [0.1, 0.15) is 0 Å². The highest BCUT2D eigenvalue weighted by atomic mass is 16.5. The molecule has 62 valence electrons. The van der Waals surface area contributed by atoms with Crippen LogP contribution in [0.25, 0.3) is 11.0 Å². The fourth-order valence-corrected chi connectivity index (χ4v) is 1.11. The van der Waals surface area contributed by atoms with E-state index in [-0.39, 0.29) is 5.75 Å². The van der Waals surface area contributed by atoms with E-state index in [1.54, 1.807) is 19.3 Å². The first-order chi connectivity index (χ1) is 5.81. The van der Waals surface area contributed by atoms with Gasteiger partial charge in [0.25, 0.3) is 0 Å². The Morgan fingerprint density at radius 1 is 1.50 bits per heavy atom. The van der Waals surface area contributed by atoms with Crippen LogP contribution in [0.4, 0.5) is 5.69 Å². The van der Waals surface area contributed by atoms with E-state index in [2.05, 4.69) is 10.5 Å². The Morgan fingerprint density at radius 3 is 3.08 bits per heavy atom. The van der Waals surface area contributed by atoms with Crippen LogP contribution < -0.4 is 5.32 Å². The fraction of sp³-hybridized carbons (Fsp3) is 0.125. The molecule has 1 aromatic carbocycles. The number of rotatable bonds is 1. The molecule has 0 radical (unpaired) electrons. The maximum Gasteiger partial charge on any atom is 0.170 e. The average Bonchev–Trinajstić information content (AvgIpc) is 2.49. The normalized spacial score (nSPS) is 10.4. The molecule has 1 heterocycles. The fourth-order valence-electron chi connectivity index (χ4n) is 1.11. The number of fused-ring (bicyclic) bond motifs is 1. The molecule has 0 saturated heterocycles. The van der Waals surface area contributed by atoms with Gasteiger partial charge in [-0.05, 0) is 6.07 Å². The van der Waals surface area contributed by atoms with Crippen LogP contribution in [0.2, 0.25) is 0 Å². The van der Waals surface area contributed by atoms with Gasteiger partial charge in [0, 0.05) is 18.5 Å². The molecule has 0 aliphatic carbocycles. The molecule has 12 heavy (non-hydrogen) atoms. The maximum atomic E-state index is 9.38. The molecule has 0 saturated carbocycles. The van der Waals surface area contributed by atoms with Gasteiger partial charge in [0.05, 0.1) is 11.9 Å². The lowest BCUT2D eigenvalue weighted by Crippen LogP contribution is -1.87. The summed E-state index contributed by atoms with van der Waals surface area (Å²) >= 11 is 0. The SMILES string of the molecule is CNc1cc2cnoc2cc1O. The molecule has 2 N–H and O–H groups in total. The third kappa shape index (κ3) is 0.887. The second kappa shape index (κ2) is 2.41. The topological polar surface area (TPSA) is 58.3 Å². The molecule has 0 spiro atoms. The highest BCUT2D eigenvalue weighted by Gasteiger charge is 2.04. The second-order valence-corrected chi connectivity index (χ2v) is 2.48. The van der Waals surface area contributed by atoms with Crippen LogP contribution in [0.3, 0.4) is 0 Å². The number of aromatic hydroxyl groups is 1. The highest BCUT2D eigenvalue weighted by Crippen LogP contribution is 2.28. The molecule has 0 unspecified atom stereocenters. The highest BCUT2D eigenvalue weighted by molar-refractivity contribution is 5.83. The maximum absolute atomic E-state index is 9.38. The number of benzene rings is 1. The van der Waals surface area contributed by atoms with Crippen molar-refractivity contribution in [2.45, 2.75) is 0 Å². The standard InChI is InChI=1S/C8H8N2O2/c1-9-6-2-5-4-10-12-8(5)3-7(6)11/h2-4,9,11H,1H3. The van der Waals surface area contributed by atoms with Crippen molar-refractivity contribution in [1.29, 1.82) is 0 Å². The lowest BCUT2D eigenvalue weighted by atomic mass is 10.2. The number of hydrogen-bond acceptors (Lipinski definition) is 4. The van der Waals surface area contributed by atoms with E-state index in [1.807, 2.05) is 0 Å². The zero-order valence-corrected chi connectivity index (χ0v) is 6.53. The number of phenolic OH excluding ortho intramolecular Hbond substituents is 1. The first-order valence-electron chi connectivity index (χ1n) is 3.56. The molecule has 1 aromatic heterocycles. The lowest BCUT2D eigenvalue weighted by Gasteiger charge is -2.01. The van der Waals surface area contributed by atoms with Crippen molar-refractivity contribution in [2.24, 2.45) is 0 Å². The summed E-state index contributed by atoms with van der Waals surface area (Å²) in [6.07, 6.45) is 1.61. The Balaban J connectivity index is 2.73. The Morgan fingerprint density at radius 2 is 2.33 bits per heavy atom. The summed E-state index contributed by atoms with van der Waals surface area (Å²) in [5.41, 5.74) is 1.26. The molecular weight excluding hydrogens is 156 g/mol. The molecule has 4 heteroatoms. The Kier molecular flexibility index (Phi) is 1.40. The molecule has 0 bridgehead atoms. The van der Waals surface area contributed by atoms with Crippen LogP contribution in [-0.2, 0) is 0 Å². The van der Waals surface area contributed by atoms with Gasteiger partial charge in [0.15, 0.2) is 5.58 Å².